The highest BCUT2D eigenvalue weighted by atomic mass is 35.5. The molecule has 1 fully saturated rings. The highest BCUT2D eigenvalue weighted by Gasteiger charge is 2.42. The van der Waals surface area contributed by atoms with E-state index in [1.54, 1.807) is 42.3 Å². The largest absolute Gasteiger partial charge is 0.378 e. The van der Waals surface area contributed by atoms with Crippen LogP contribution in [0.5, 0.6) is 0 Å². The number of nitrogens with zero attached hydrogens (tertiary/aromatic N) is 3. The zero-order chi connectivity index (χ0) is 25.2. The minimum absolute atomic E-state index is 0.0394. The highest BCUT2D eigenvalue weighted by molar-refractivity contribution is 6.35. The Morgan fingerprint density at radius 2 is 2.17 bits per heavy atom. The molecule has 0 spiro atoms. The van der Waals surface area contributed by atoms with Gasteiger partial charge in [0, 0.05) is 36.2 Å². The molecular weight excluding hydrogens is 466 g/mol. The van der Waals surface area contributed by atoms with E-state index in [1.807, 2.05) is 13.8 Å². The number of hydrogen-bond acceptors (Lipinski definition) is 6. The van der Waals surface area contributed by atoms with Crippen molar-refractivity contribution in [2.75, 3.05) is 11.9 Å². The zero-order valence-corrected chi connectivity index (χ0v) is 20.7. The maximum atomic E-state index is 13.2. The van der Waals surface area contributed by atoms with Crippen LogP contribution in [0.25, 0.3) is 0 Å². The lowest BCUT2D eigenvalue weighted by Gasteiger charge is -2.41. The van der Waals surface area contributed by atoms with Gasteiger partial charge in [-0.25, -0.2) is 4.99 Å². The number of benzene rings is 1. The number of aliphatic imine (C=N–C) groups is 1. The van der Waals surface area contributed by atoms with Crippen LogP contribution < -0.4 is 11.1 Å². The second kappa shape index (κ2) is 10.1. The number of amides is 2. The lowest BCUT2D eigenvalue weighted by atomic mass is 9.86. The molecule has 0 unspecified atom stereocenters. The van der Waals surface area contributed by atoms with E-state index in [0.717, 1.165) is 0 Å². The third-order valence-electron chi connectivity index (χ3n) is 6.29. The highest BCUT2D eigenvalue weighted by Crippen LogP contribution is 2.41. The first kappa shape index (κ1) is 24.7. The molecule has 1 saturated heterocycles. The van der Waals surface area contributed by atoms with Crippen molar-refractivity contribution in [2.45, 2.75) is 57.7 Å². The van der Waals surface area contributed by atoms with E-state index in [0.29, 0.717) is 46.8 Å². The Morgan fingerprint density at radius 1 is 1.37 bits per heavy atom. The van der Waals surface area contributed by atoms with E-state index in [4.69, 9.17) is 27.1 Å². The second-order valence-corrected chi connectivity index (χ2v) is 9.38. The summed E-state index contributed by atoms with van der Waals surface area (Å²) in [6.45, 7) is 6.11. The van der Waals surface area contributed by atoms with E-state index < -0.39 is 5.54 Å². The number of nitrogens with one attached hydrogen (secondary N) is 1. The molecule has 0 radical (unpaired) electrons. The molecule has 35 heavy (non-hydrogen) atoms. The topological polar surface area (TPSA) is 110 Å². The van der Waals surface area contributed by atoms with Crippen LogP contribution in [-0.2, 0) is 15.1 Å². The van der Waals surface area contributed by atoms with Crippen molar-refractivity contribution in [3.8, 4) is 11.8 Å². The van der Waals surface area contributed by atoms with Gasteiger partial charge in [-0.2, -0.15) is 0 Å². The van der Waals surface area contributed by atoms with Crippen LogP contribution in [0.4, 0.5) is 5.69 Å². The molecule has 0 saturated carbocycles. The summed E-state index contributed by atoms with van der Waals surface area (Å²) in [4.78, 5) is 36.5. The molecule has 1 aromatic carbocycles. The number of carbonyl (C=O) groups is 2. The van der Waals surface area contributed by atoms with Gasteiger partial charge < -0.3 is 15.8 Å². The van der Waals surface area contributed by atoms with Crippen LogP contribution in [-0.4, -0.2) is 46.4 Å². The normalized spacial score (nSPS) is 24.3. The number of guanidine groups is 1. The van der Waals surface area contributed by atoms with Crippen molar-refractivity contribution >= 4 is 35.1 Å². The van der Waals surface area contributed by atoms with Crippen LogP contribution in [0.1, 0.15) is 61.5 Å². The molecule has 3 atom stereocenters. The Morgan fingerprint density at radius 3 is 2.89 bits per heavy atom. The number of pyridine rings is 1. The Kier molecular flexibility index (Phi) is 7.10. The van der Waals surface area contributed by atoms with Crippen molar-refractivity contribution in [3.05, 3.63) is 58.4 Å². The van der Waals surface area contributed by atoms with Gasteiger partial charge in [-0.1, -0.05) is 29.7 Å². The number of nitrogens with two attached hydrogens (primary N) is 1. The molecule has 2 aromatic rings. The quantitative estimate of drug-likeness (QED) is 0.631. The van der Waals surface area contributed by atoms with Crippen molar-refractivity contribution < 1.29 is 14.3 Å². The molecule has 0 bridgehead atoms. The summed E-state index contributed by atoms with van der Waals surface area (Å²) in [5.74, 6) is 5.37. The Hall–Kier alpha value is -3.41. The molecule has 3 N–H and O–H groups in total. The summed E-state index contributed by atoms with van der Waals surface area (Å²) < 4.78 is 5.61. The van der Waals surface area contributed by atoms with Gasteiger partial charge in [-0.3, -0.25) is 19.5 Å². The number of aromatic nitrogens is 1. The molecular formula is C26H28ClN5O3. The molecule has 3 heterocycles. The van der Waals surface area contributed by atoms with Crippen LogP contribution in [0.2, 0.25) is 5.02 Å². The number of rotatable bonds is 4. The van der Waals surface area contributed by atoms with Gasteiger partial charge in [0.25, 0.3) is 5.91 Å². The summed E-state index contributed by atoms with van der Waals surface area (Å²) >= 11 is 6.74. The van der Waals surface area contributed by atoms with Gasteiger partial charge in [0.1, 0.15) is 0 Å². The summed E-state index contributed by atoms with van der Waals surface area (Å²) in [6.07, 6.45) is 4.65. The van der Waals surface area contributed by atoms with Gasteiger partial charge in [0.15, 0.2) is 5.96 Å². The molecule has 9 heteroatoms. The first-order valence-electron chi connectivity index (χ1n) is 11.5. The lowest BCUT2D eigenvalue weighted by Crippen LogP contribution is -2.56. The van der Waals surface area contributed by atoms with Gasteiger partial charge in [-0.15, -0.1) is 5.92 Å². The van der Waals surface area contributed by atoms with E-state index in [1.165, 1.54) is 6.20 Å². The first-order valence-corrected chi connectivity index (χ1v) is 11.9. The van der Waals surface area contributed by atoms with Gasteiger partial charge in [-0.05, 0) is 45.7 Å². The average molecular weight is 494 g/mol. The molecule has 1 aromatic heterocycles. The molecule has 0 aliphatic carbocycles. The van der Waals surface area contributed by atoms with Crippen LogP contribution in [0.15, 0.2) is 41.7 Å². The zero-order valence-electron chi connectivity index (χ0n) is 20.0. The summed E-state index contributed by atoms with van der Waals surface area (Å²) in [7, 11) is 0. The van der Waals surface area contributed by atoms with E-state index >= 15 is 0 Å². The molecule has 2 aliphatic rings. The van der Waals surface area contributed by atoms with Crippen molar-refractivity contribution in [1.29, 1.82) is 0 Å². The van der Waals surface area contributed by atoms with E-state index in [2.05, 4.69) is 22.1 Å². The van der Waals surface area contributed by atoms with Crippen molar-refractivity contribution in [2.24, 2.45) is 10.7 Å². The minimum Gasteiger partial charge on any atom is -0.378 e. The average Bonchev–Trinajstić information content (AvgIpc) is 2.80. The number of anilines is 1. The third-order valence-corrected chi connectivity index (χ3v) is 6.70. The van der Waals surface area contributed by atoms with Crippen LogP contribution in [0, 0.1) is 11.8 Å². The van der Waals surface area contributed by atoms with Gasteiger partial charge in [0.05, 0.1) is 34.3 Å². The van der Waals surface area contributed by atoms with Crippen LogP contribution in [0.3, 0.4) is 0 Å². The van der Waals surface area contributed by atoms with Crippen LogP contribution >= 0.6 is 11.6 Å². The smallest absolute Gasteiger partial charge is 0.257 e. The third kappa shape index (κ3) is 5.16. The fourth-order valence-corrected chi connectivity index (χ4v) is 5.00. The maximum absolute atomic E-state index is 13.2. The number of carbonyl (C=O) groups excluding carboxylic acids is 2. The summed E-state index contributed by atoms with van der Waals surface area (Å²) in [5, 5.41) is 3.14. The number of hydrogen-bond donors (Lipinski definition) is 2. The lowest BCUT2D eigenvalue weighted by molar-refractivity contribution is -0.133. The van der Waals surface area contributed by atoms with E-state index in [-0.39, 0.29) is 36.3 Å². The first-order chi connectivity index (χ1) is 16.7. The Bertz CT molecular complexity index is 1250. The SMILES string of the molecule is CC#Cc1cncc(C(=O)Nc2cccc([C@]3(C)CC(=O)N([C@@H]4CCO[C@H](C)C4)C(N)=N3)c2Cl)c1. The van der Waals surface area contributed by atoms with Gasteiger partial charge in [0.2, 0.25) is 5.91 Å². The summed E-state index contributed by atoms with van der Waals surface area (Å²) in [5.41, 5.74) is 7.37. The van der Waals surface area contributed by atoms with Crippen molar-refractivity contribution in [1.82, 2.24) is 9.88 Å². The molecule has 182 valence electrons. The molecule has 8 nitrogen and oxygen atoms in total. The molecule has 4 rings (SSSR count). The second-order valence-electron chi connectivity index (χ2n) is 9.00. The van der Waals surface area contributed by atoms with E-state index in [9.17, 15) is 9.59 Å². The Labute approximate surface area is 209 Å². The molecule has 2 aliphatic heterocycles. The summed E-state index contributed by atoms with van der Waals surface area (Å²) in [6, 6.07) is 6.88. The monoisotopic (exact) mass is 493 g/mol. The standard InChI is InChI=1S/C26H28ClN5O3/c1-4-6-17-12-18(15-29-14-17)24(34)30-21-8-5-7-20(23(21)27)26(3)13-22(33)32(25(28)31-26)19-9-10-35-16(2)11-19/h5,7-8,12,14-16,19H,9-11,13H2,1-3H3,(H2,28,31)(H,30,34)/t16-,19-,26+/m1/s1. The fraction of sp³-hybridized carbons (Fsp3) is 0.385. The van der Waals surface area contributed by atoms with Gasteiger partial charge >= 0.3 is 0 Å². The van der Waals surface area contributed by atoms with Crippen molar-refractivity contribution in [3.63, 3.8) is 0 Å². The minimum atomic E-state index is -0.968. The number of halogens is 1. The predicted molar refractivity (Wildman–Crippen MR) is 135 cm³/mol. The molecule has 2 amide bonds. The fourth-order valence-electron chi connectivity index (χ4n) is 4.62. The number of ether oxygens (including phenoxy) is 1. The predicted octanol–water partition coefficient (Wildman–Crippen LogP) is 3.69. The Balaban J connectivity index is 1.60. The maximum Gasteiger partial charge on any atom is 0.257 e.